The van der Waals surface area contributed by atoms with Crippen LogP contribution < -0.4 is 5.32 Å². The zero-order valence-corrected chi connectivity index (χ0v) is 15.3. The number of carbonyl (C=O) groups is 2. The summed E-state index contributed by atoms with van der Waals surface area (Å²) in [6.45, 7) is 5.15. The van der Waals surface area contributed by atoms with Crippen LogP contribution in [0.5, 0.6) is 0 Å². The molecule has 2 fully saturated rings. The number of hydrogen-bond donors (Lipinski definition) is 2. The number of carboxylic acids is 1. The van der Waals surface area contributed by atoms with Gasteiger partial charge in [-0.05, 0) is 45.6 Å². The standard InChI is InChI=1S/C17H27N5O4/c1-3-21(10-15(23)24)13-8-12(9-13)19-17(25)22-7-5-4-6-14(22)16-18-11(2)20-26-16/h12-14H,3-10H2,1-2H3,(H,19,25)(H,23,24). The lowest BCUT2D eigenvalue weighted by Gasteiger charge is -2.43. The Morgan fingerprint density at radius 3 is 2.77 bits per heavy atom. The number of aromatic nitrogens is 2. The summed E-state index contributed by atoms with van der Waals surface area (Å²) in [6, 6.07) is 0.0368. The van der Waals surface area contributed by atoms with Crippen LogP contribution in [-0.2, 0) is 4.79 Å². The van der Waals surface area contributed by atoms with Crippen LogP contribution in [0, 0.1) is 6.92 Å². The van der Waals surface area contributed by atoms with Crippen molar-refractivity contribution < 1.29 is 19.2 Å². The van der Waals surface area contributed by atoms with Gasteiger partial charge in [0, 0.05) is 18.6 Å². The van der Waals surface area contributed by atoms with Gasteiger partial charge in [-0.3, -0.25) is 9.69 Å². The zero-order valence-electron chi connectivity index (χ0n) is 15.3. The summed E-state index contributed by atoms with van der Waals surface area (Å²) >= 11 is 0. The number of piperidine rings is 1. The monoisotopic (exact) mass is 365 g/mol. The van der Waals surface area contributed by atoms with Crippen molar-refractivity contribution >= 4 is 12.0 Å². The molecule has 26 heavy (non-hydrogen) atoms. The van der Waals surface area contributed by atoms with E-state index in [1.165, 1.54) is 0 Å². The minimum atomic E-state index is -0.814. The molecule has 0 aromatic carbocycles. The summed E-state index contributed by atoms with van der Waals surface area (Å²) in [5, 5.41) is 15.9. The number of urea groups is 1. The van der Waals surface area contributed by atoms with Crippen molar-refractivity contribution in [1.29, 1.82) is 0 Å². The van der Waals surface area contributed by atoms with E-state index in [2.05, 4.69) is 15.5 Å². The van der Waals surface area contributed by atoms with Crippen LogP contribution in [0.4, 0.5) is 4.79 Å². The number of carboxylic acid groups (broad SMARTS) is 1. The van der Waals surface area contributed by atoms with Crippen LogP contribution in [0.25, 0.3) is 0 Å². The smallest absolute Gasteiger partial charge is 0.318 e. The summed E-state index contributed by atoms with van der Waals surface area (Å²) in [7, 11) is 0. The Morgan fingerprint density at radius 2 is 2.15 bits per heavy atom. The average Bonchev–Trinajstić information content (AvgIpc) is 3.02. The number of likely N-dealkylation sites (tertiary alicyclic amines) is 1. The zero-order chi connectivity index (χ0) is 18.7. The highest BCUT2D eigenvalue weighted by Gasteiger charge is 2.37. The molecule has 9 nitrogen and oxygen atoms in total. The third-order valence-electron chi connectivity index (χ3n) is 5.29. The van der Waals surface area contributed by atoms with Gasteiger partial charge in [0.15, 0.2) is 5.82 Å². The number of aliphatic carboxylic acids is 1. The minimum Gasteiger partial charge on any atom is -0.480 e. The molecule has 9 heteroatoms. The molecule has 1 aromatic heterocycles. The fourth-order valence-electron chi connectivity index (χ4n) is 3.81. The number of nitrogens with zero attached hydrogens (tertiary/aromatic N) is 4. The van der Waals surface area contributed by atoms with Gasteiger partial charge in [0.25, 0.3) is 0 Å². The van der Waals surface area contributed by atoms with E-state index in [4.69, 9.17) is 9.63 Å². The van der Waals surface area contributed by atoms with Gasteiger partial charge in [-0.2, -0.15) is 4.98 Å². The number of nitrogens with one attached hydrogen (secondary N) is 1. The van der Waals surface area contributed by atoms with Crippen molar-refractivity contribution in [2.45, 2.75) is 64.1 Å². The first-order valence-electron chi connectivity index (χ1n) is 9.31. The van der Waals surface area contributed by atoms with E-state index in [9.17, 15) is 9.59 Å². The topological polar surface area (TPSA) is 112 Å². The van der Waals surface area contributed by atoms with Crippen LogP contribution in [0.3, 0.4) is 0 Å². The highest BCUT2D eigenvalue weighted by atomic mass is 16.5. The molecule has 1 atom stereocenters. The molecule has 0 radical (unpaired) electrons. The molecule has 0 spiro atoms. The second-order valence-corrected chi connectivity index (χ2v) is 7.11. The maximum absolute atomic E-state index is 12.7. The van der Waals surface area contributed by atoms with Crippen molar-refractivity contribution in [2.24, 2.45) is 0 Å². The highest BCUT2D eigenvalue weighted by molar-refractivity contribution is 5.75. The SMILES string of the molecule is CCN(CC(=O)O)C1CC(NC(=O)N2CCCCC2c2nc(C)no2)C1. The maximum atomic E-state index is 12.7. The lowest BCUT2D eigenvalue weighted by Crippen LogP contribution is -2.57. The summed E-state index contributed by atoms with van der Waals surface area (Å²) in [6.07, 6.45) is 4.38. The molecular formula is C17H27N5O4. The number of carbonyl (C=O) groups excluding carboxylic acids is 1. The molecule has 1 saturated heterocycles. The van der Waals surface area contributed by atoms with Crippen LogP contribution in [0.1, 0.15) is 56.8 Å². The number of hydrogen-bond acceptors (Lipinski definition) is 6. The van der Waals surface area contributed by atoms with E-state index in [-0.39, 0.29) is 30.7 Å². The molecule has 2 aliphatic rings. The lowest BCUT2D eigenvalue weighted by molar-refractivity contribution is -0.139. The van der Waals surface area contributed by atoms with E-state index in [0.29, 0.717) is 24.8 Å². The average molecular weight is 365 g/mol. The number of rotatable bonds is 6. The van der Waals surface area contributed by atoms with Gasteiger partial charge >= 0.3 is 12.0 Å². The molecular weight excluding hydrogens is 338 g/mol. The quantitative estimate of drug-likeness (QED) is 0.786. The Hall–Kier alpha value is -2.16. The van der Waals surface area contributed by atoms with Gasteiger partial charge in [0.2, 0.25) is 5.89 Å². The van der Waals surface area contributed by atoms with Gasteiger partial charge in [-0.15, -0.1) is 0 Å². The molecule has 2 N–H and O–H groups in total. The largest absolute Gasteiger partial charge is 0.480 e. The molecule has 3 rings (SSSR count). The second kappa shape index (κ2) is 8.03. The van der Waals surface area contributed by atoms with Gasteiger partial charge in [-0.25, -0.2) is 4.79 Å². The Labute approximate surface area is 152 Å². The predicted molar refractivity (Wildman–Crippen MR) is 92.6 cm³/mol. The van der Waals surface area contributed by atoms with Crippen LogP contribution in [-0.4, -0.2) is 68.8 Å². The van der Waals surface area contributed by atoms with Crippen LogP contribution in [0.2, 0.25) is 0 Å². The van der Waals surface area contributed by atoms with Crippen LogP contribution in [0.15, 0.2) is 4.52 Å². The van der Waals surface area contributed by atoms with Gasteiger partial charge in [0.05, 0.1) is 6.54 Å². The predicted octanol–water partition coefficient (Wildman–Crippen LogP) is 1.55. The molecule has 1 aliphatic heterocycles. The fraction of sp³-hybridized carbons (Fsp3) is 0.765. The van der Waals surface area contributed by atoms with Gasteiger partial charge in [-0.1, -0.05) is 12.1 Å². The third-order valence-corrected chi connectivity index (χ3v) is 5.29. The Kier molecular flexibility index (Phi) is 5.75. The first-order chi connectivity index (χ1) is 12.5. The lowest BCUT2D eigenvalue weighted by atomic mass is 9.85. The Balaban J connectivity index is 1.54. The van der Waals surface area contributed by atoms with Crippen molar-refractivity contribution in [3.8, 4) is 0 Å². The first-order valence-corrected chi connectivity index (χ1v) is 9.31. The molecule has 2 amide bonds. The molecule has 1 aliphatic carbocycles. The Bertz CT molecular complexity index is 643. The van der Waals surface area contributed by atoms with E-state index < -0.39 is 5.97 Å². The molecule has 1 aromatic rings. The van der Waals surface area contributed by atoms with Crippen molar-refractivity contribution in [3.05, 3.63) is 11.7 Å². The van der Waals surface area contributed by atoms with E-state index in [1.54, 1.807) is 11.8 Å². The molecule has 1 unspecified atom stereocenters. The molecule has 2 heterocycles. The van der Waals surface area contributed by atoms with Crippen LogP contribution >= 0.6 is 0 Å². The van der Waals surface area contributed by atoms with Crippen molar-refractivity contribution in [2.75, 3.05) is 19.6 Å². The molecule has 1 saturated carbocycles. The first kappa shape index (κ1) is 18.6. The number of likely N-dealkylation sites (N-methyl/N-ethyl adjacent to an activating group) is 1. The van der Waals surface area contributed by atoms with E-state index in [0.717, 1.165) is 32.1 Å². The summed E-state index contributed by atoms with van der Waals surface area (Å²) in [4.78, 5) is 31.7. The molecule has 0 bridgehead atoms. The van der Waals surface area contributed by atoms with Gasteiger partial charge in [0.1, 0.15) is 6.04 Å². The summed E-state index contributed by atoms with van der Waals surface area (Å²) in [5.74, 6) is 0.263. The number of amides is 2. The fourth-order valence-corrected chi connectivity index (χ4v) is 3.81. The normalized spacial score (nSPS) is 25.8. The third kappa shape index (κ3) is 4.14. The second-order valence-electron chi connectivity index (χ2n) is 7.11. The molecule has 144 valence electrons. The Morgan fingerprint density at radius 1 is 1.38 bits per heavy atom. The summed E-state index contributed by atoms with van der Waals surface area (Å²) in [5.41, 5.74) is 0. The highest BCUT2D eigenvalue weighted by Crippen LogP contribution is 2.31. The van der Waals surface area contributed by atoms with Crippen molar-refractivity contribution in [1.82, 2.24) is 25.3 Å². The van der Waals surface area contributed by atoms with E-state index >= 15 is 0 Å². The maximum Gasteiger partial charge on any atom is 0.318 e. The van der Waals surface area contributed by atoms with E-state index in [1.807, 2.05) is 11.8 Å². The number of aryl methyl sites for hydroxylation is 1. The van der Waals surface area contributed by atoms with Crippen molar-refractivity contribution in [3.63, 3.8) is 0 Å². The summed E-state index contributed by atoms with van der Waals surface area (Å²) < 4.78 is 5.28. The van der Waals surface area contributed by atoms with Gasteiger partial charge < -0.3 is 19.8 Å². The minimum absolute atomic E-state index is 0.0482.